The highest BCUT2D eigenvalue weighted by atomic mass is 19.1. The Balaban J connectivity index is 1.89. The molecule has 2 aromatic carbocycles. The Bertz CT molecular complexity index is 717. The Morgan fingerprint density at radius 2 is 1.78 bits per heavy atom. The van der Waals surface area contributed by atoms with Crippen molar-refractivity contribution in [1.29, 1.82) is 0 Å². The predicted molar refractivity (Wildman–Crippen MR) is 78.3 cm³/mol. The largest absolute Gasteiger partial charge is 0.494 e. The first kappa shape index (κ1) is 16.4. The maximum absolute atomic E-state index is 13.5. The summed E-state index contributed by atoms with van der Waals surface area (Å²) in [6.07, 6.45) is 0. The number of amides is 1. The molecule has 0 saturated carbocycles. The molecule has 0 atom stereocenters. The normalized spacial score (nSPS) is 10.0. The van der Waals surface area contributed by atoms with E-state index < -0.39 is 30.1 Å². The number of anilines is 1. The predicted octanol–water partition coefficient (Wildman–Crippen LogP) is 2.77. The van der Waals surface area contributed by atoms with E-state index in [2.05, 4.69) is 5.32 Å². The lowest BCUT2D eigenvalue weighted by Gasteiger charge is -2.07. The Morgan fingerprint density at radius 1 is 1.09 bits per heavy atom. The zero-order valence-electron chi connectivity index (χ0n) is 12.1. The number of halogens is 2. The van der Waals surface area contributed by atoms with Gasteiger partial charge >= 0.3 is 5.97 Å². The molecule has 0 fully saturated rings. The van der Waals surface area contributed by atoms with E-state index in [1.165, 1.54) is 43.5 Å². The molecule has 0 unspecified atom stereocenters. The van der Waals surface area contributed by atoms with Crippen molar-refractivity contribution in [2.75, 3.05) is 19.0 Å². The Morgan fingerprint density at radius 3 is 2.39 bits per heavy atom. The lowest BCUT2D eigenvalue weighted by atomic mass is 10.2. The van der Waals surface area contributed by atoms with Crippen LogP contribution in [0, 0.1) is 11.6 Å². The number of ether oxygens (including phenoxy) is 2. The Labute approximate surface area is 130 Å². The van der Waals surface area contributed by atoms with E-state index in [4.69, 9.17) is 9.47 Å². The maximum Gasteiger partial charge on any atom is 0.338 e. The fourth-order valence-electron chi connectivity index (χ4n) is 1.74. The van der Waals surface area contributed by atoms with Crippen LogP contribution in [0.15, 0.2) is 42.5 Å². The first-order valence-electron chi connectivity index (χ1n) is 6.55. The second-order valence-corrected chi connectivity index (χ2v) is 4.48. The lowest BCUT2D eigenvalue weighted by Crippen LogP contribution is -2.21. The van der Waals surface area contributed by atoms with Crippen molar-refractivity contribution in [2.45, 2.75) is 0 Å². The van der Waals surface area contributed by atoms with Crippen LogP contribution in [-0.4, -0.2) is 25.6 Å². The number of carbonyl (C=O) groups excluding carboxylic acids is 2. The van der Waals surface area contributed by atoms with E-state index in [9.17, 15) is 18.4 Å². The summed E-state index contributed by atoms with van der Waals surface area (Å²) in [7, 11) is 1.30. The Hall–Kier alpha value is -2.96. The molecular formula is C16H13F2NO4. The summed E-state index contributed by atoms with van der Waals surface area (Å²) in [5, 5.41) is 2.43. The van der Waals surface area contributed by atoms with Crippen molar-refractivity contribution in [3.05, 3.63) is 59.7 Å². The third-order valence-electron chi connectivity index (χ3n) is 2.85. The molecule has 0 bridgehead atoms. The fourth-order valence-corrected chi connectivity index (χ4v) is 1.74. The quantitative estimate of drug-likeness (QED) is 0.860. The van der Waals surface area contributed by atoms with Gasteiger partial charge in [-0.05, 0) is 42.5 Å². The third-order valence-corrected chi connectivity index (χ3v) is 2.85. The molecule has 0 spiro atoms. The number of methoxy groups -OCH3 is 1. The van der Waals surface area contributed by atoms with Crippen LogP contribution >= 0.6 is 0 Å². The van der Waals surface area contributed by atoms with Crippen LogP contribution in [0.5, 0.6) is 5.75 Å². The number of nitrogens with one attached hydrogen (secondary N) is 1. The number of esters is 1. The first-order valence-corrected chi connectivity index (χ1v) is 6.55. The van der Waals surface area contributed by atoms with Gasteiger partial charge in [-0.1, -0.05) is 0 Å². The van der Waals surface area contributed by atoms with Gasteiger partial charge in [0, 0.05) is 5.69 Å². The van der Waals surface area contributed by atoms with Crippen molar-refractivity contribution >= 4 is 17.6 Å². The molecule has 0 aliphatic carbocycles. The fraction of sp³-hybridized carbons (Fsp3) is 0.125. The van der Waals surface area contributed by atoms with Gasteiger partial charge in [0.15, 0.2) is 18.2 Å². The molecule has 0 aliphatic rings. The van der Waals surface area contributed by atoms with Crippen LogP contribution in [0.4, 0.5) is 14.5 Å². The van der Waals surface area contributed by atoms with Gasteiger partial charge in [0.05, 0.1) is 12.7 Å². The van der Waals surface area contributed by atoms with E-state index >= 15 is 0 Å². The molecule has 0 aromatic heterocycles. The van der Waals surface area contributed by atoms with Gasteiger partial charge in [-0.25, -0.2) is 13.6 Å². The average molecular weight is 321 g/mol. The van der Waals surface area contributed by atoms with E-state index in [-0.39, 0.29) is 11.3 Å². The zero-order chi connectivity index (χ0) is 16.8. The van der Waals surface area contributed by atoms with Crippen molar-refractivity contribution in [3.8, 4) is 5.75 Å². The minimum atomic E-state index is -0.846. The molecule has 7 heteroatoms. The molecule has 120 valence electrons. The molecule has 2 rings (SSSR count). The molecule has 0 saturated heterocycles. The smallest absolute Gasteiger partial charge is 0.338 e. The molecule has 2 aromatic rings. The standard InChI is InChI=1S/C16H13F2NO4/c1-22-14-7-2-10(8-13(14)18)16(21)23-9-15(20)19-12-5-3-11(17)4-6-12/h2-8H,9H2,1H3,(H,19,20). The molecule has 1 N–H and O–H groups in total. The number of benzene rings is 2. The third kappa shape index (κ3) is 4.50. The summed E-state index contributed by atoms with van der Waals surface area (Å²) in [4.78, 5) is 23.4. The van der Waals surface area contributed by atoms with E-state index in [0.717, 1.165) is 6.07 Å². The minimum absolute atomic E-state index is 0.00407. The van der Waals surface area contributed by atoms with E-state index in [0.29, 0.717) is 5.69 Å². The number of carbonyl (C=O) groups is 2. The minimum Gasteiger partial charge on any atom is -0.494 e. The topological polar surface area (TPSA) is 64.6 Å². The molecule has 0 radical (unpaired) electrons. The highest BCUT2D eigenvalue weighted by Gasteiger charge is 2.13. The van der Waals surface area contributed by atoms with E-state index in [1.54, 1.807) is 0 Å². The molecular weight excluding hydrogens is 308 g/mol. The van der Waals surface area contributed by atoms with Gasteiger partial charge in [-0.15, -0.1) is 0 Å². The Kier molecular flexibility index (Phi) is 5.24. The van der Waals surface area contributed by atoms with Gasteiger partial charge in [-0.2, -0.15) is 0 Å². The second-order valence-electron chi connectivity index (χ2n) is 4.48. The van der Waals surface area contributed by atoms with Crippen molar-refractivity contribution in [3.63, 3.8) is 0 Å². The van der Waals surface area contributed by atoms with E-state index in [1.807, 2.05) is 0 Å². The highest BCUT2D eigenvalue weighted by molar-refractivity contribution is 5.95. The van der Waals surface area contributed by atoms with Gasteiger partial charge in [0.1, 0.15) is 5.82 Å². The maximum atomic E-state index is 13.5. The first-order chi connectivity index (χ1) is 11.0. The van der Waals surface area contributed by atoms with Crippen LogP contribution in [0.3, 0.4) is 0 Å². The number of hydrogen-bond donors (Lipinski definition) is 1. The van der Waals surface area contributed by atoms with Crippen LogP contribution in [0.1, 0.15) is 10.4 Å². The van der Waals surface area contributed by atoms with Gasteiger partial charge < -0.3 is 14.8 Å². The summed E-state index contributed by atoms with van der Waals surface area (Å²) in [6, 6.07) is 8.66. The second kappa shape index (κ2) is 7.35. The number of rotatable bonds is 5. The summed E-state index contributed by atoms with van der Waals surface area (Å²) in [5.74, 6) is -2.59. The summed E-state index contributed by atoms with van der Waals surface area (Å²) >= 11 is 0. The van der Waals surface area contributed by atoms with Gasteiger partial charge in [0.25, 0.3) is 5.91 Å². The van der Waals surface area contributed by atoms with Crippen molar-refractivity contribution < 1.29 is 27.8 Å². The SMILES string of the molecule is COc1ccc(C(=O)OCC(=O)Nc2ccc(F)cc2)cc1F. The van der Waals surface area contributed by atoms with Crippen LogP contribution in [-0.2, 0) is 9.53 Å². The van der Waals surface area contributed by atoms with Crippen LogP contribution < -0.4 is 10.1 Å². The molecule has 0 heterocycles. The summed E-state index contributed by atoms with van der Waals surface area (Å²) in [5.41, 5.74) is 0.320. The summed E-state index contributed by atoms with van der Waals surface area (Å²) < 4.78 is 35.7. The molecule has 1 amide bonds. The summed E-state index contributed by atoms with van der Waals surface area (Å²) in [6.45, 7) is -0.552. The van der Waals surface area contributed by atoms with Gasteiger partial charge in [0.2, 0.25) is 0 Å². The molecule has 23 heavy (non-hydrogen) atoms. The molecule has 0 aliphatic heterocycles. The average Bonchev–Trinajstić information content (AvgIpc) is 2.54. The van der Waals surface area contributed by atoms with Gasteiger partial charge in [-0.3, -0.25) is 4.79 Å². The van der Waals surface area contributed by atoms with Crippen LogP contribution in [0.25, 0.3) is 0 Å². The zero-order valence-corrected chi connectivity index (χ0v) is 12.1. The number of hydrogen-bond acceptors (Lipinski definition) is 4. The lowest BCUT2D eigenvalue weighted by molar-refractivity contribution is -0.119. The molecule has 5 nitrogen and oxygen atoms in total. The van der Waals surface area contributed by atoms with Crippen LogP contribution in [0.2, 0.25) is 0 Å². The highest BCUT2D eigenvalue weighted by Crippen LogP contribution is 2.18. The van der Waals surface area contributed by atoms with Crippen molar-refractivity contribution in [1.82, 2.24) is 0 Å². The van der Waals surface area contributed by atoms with Crippen molar-refractivity contribution in [2.24, 2.45) is 0 Å². The monoisotopic (exact) mass is 321 g/mol.